The SMILES string of the molecule is C=C(C[SiH]1CCCCO1)[Si]1(C(C)(C[SiH]2CCCCO2)C(C)(F)C(F)F)CCCCO1. The molecule has 30 heavy (non-hydrogen) atoms. The van der Waals surface area contributed by atoms with Crippen LogP contribution in [0.4, 0.5) is 13.2 Å². The summed E-state index contributed by atoms with van der Waals surface area (Å²) in [7, 11) is -6.29. The summed E-state index contributed by atoms with van der Waals surface area (Å²) in [5, 5.41) is -0.305. The van der Waals surface area contributed by atoms with Crippen LogP contribution in [0.3, 0.4) is 0 Å². The van der Waals surface area contributed by atoms with Crippen molar-refractivity contribution in [1.82, 2.24) is 0 Å². The number of hydrogen-bond acceptors (Lipinski definition) is 3. The van der Waals surface area contributed by atoms with E-state index >= 15 is 4.39 Å². The molecule has 3 rings (SSSR count). The molecule has 0 aliphatic carbocycles. The van der Waals surface area contributed by atoms with Crippen molar-refractivity contribution in [2.24, 2.45) is 0 Å². The Balaban J connectivity index is 1.96. The van der Waals surface area contributed by atoms with E-state index in [9.17, 15) is 8.78 Å². The molecular weight excluding hydrogens is 441 g/mol. The highest BCUT2D eigenvalue weighted by atomic mass is 28.4. The number of halogens is 3. The van der Waals surface area contributed by atoms with Gasteiger partial charge in [0, 0.05) is 24.9 Å². The molecule has 0 amide bonds. The molecule has 0 radical (unpaired) electrons. The zero-order valence-electron chi connectivity index (χ0n) is 18.7. The molecular formula is C21H39F3O3Si3. The number of allylic oxidation sites excluding steroid dienone is 1. The molecule has 3 aliphatic heterocycles. The molecule has 0 bridgehead atoms. The van der Waals surface area contributed by atoms with Crippen LogP contribution < -0.4 is 0 Å². The third kappa shape index (κ3) is 4.85. The van der Waals surface area contributed by atoms with Crippen LogP contribution >= 0.6 is 0 Å². The highest BCUT2D eigenvalue weighted by Crippen LogP contribution is 2.61. The summed E-state index contributed by atoms with van der Waals surface area (Å²) in [4.78, 5) is 0. The second-order valence-corrected chi connectivity index (χ2v) is 19.2. The van der Waals surface area contributed by atoms with Crippen molar-refractivity contribution < 1.29 is 26.4 Å². The van der Waals surface area contributed by atoms with Gasteiger partial charge < -0.3 is 13.3 Å². The van der Waals surface area contributed by atoms with Gasteiger partial charge in [0.25, 0.3) is 6.43 Å². The van der Waals surface area contributed by atoms with Crippen molar-refractivity contribution in [1.29, 1.82) is 0 Å². The first kappa shape index (κ1) is 24.7. The van der Waals surface area contributed by atoms with E-state index in [1.807, 2.05) is 0 Å². The average Bonchev–Trinajstić information content (AvgIpc) is 2.75. The lowest BCUT2D eigenvalue weighted by Crippen LogP contribution is -2.63. The molecule has 174 valence electrons. The van der Waals surface area contributed by atoms with Gasteiger partial charge in [-0.1, -0.05) is 31.4 Å². The lowest BCUT2D eigenvalue weighted by Gasteiger charge is -2.55. The molecule has 3 heterocycles. The third-order valence-corrected chi connectivity index (χ3v) is 20.0. The fourth-order valence-electron chi connectivity index (χ4n) is 5.73. The Morgan fingerprint density at radius 2 is 1.57 bits per heavy atom. The molecule has 3 aliphatic rings. The average molecular weight is 481 g/mol. The minimum atomic E-state index is -3.05. The molecule has 5 unspecified atom stereocenters. The van der Waals surface area contributed by atoms with E-state index < -0.39 is 43.5 Å². The molecule has 0 spiro atoms. The first-order valence-electron chi connectivity index (χ1n) is 11.8. The van der Waals surface area contributed by atoms with Crippen LogP contribution in [0.5, 0.6) is 0 Å². The minimum Gasteiger partial charge on any atom is -0.420 e. The van der Waals surface area contributed by atoms with Crippen molar-refractivity contribution in [3.8, 4) is 0 Å². The molecule has 5 atom stereocenters. The summed E-state index contributed by atoms with van der Waals surface area (Å²) in [6.07, 6.45) is 3.08. The fourth-order valence-corrected chi connectivity index (χ4v) is 19.6. The zero-order chi connectivity index (χ0) is 21.8. The topological polar surface area (TPSA) is 27.7 Å². The minimum absolute atomic E-state index is 0.419. The molecule has 0 saturated carbocycles. The van der Waals surface area contributed by atoms with E-state index in [4.69, 9.17) is 13.3 Å². The molecule has 0 aromatic rings. The Labute approximate surface area is 184 Å². The van der Waals surface area contributed by atoms with Crippen LogP contribution in [0.2, 0.25) is 35.3 Å². The van der Waals surface area contributed by atoms with Crippen molar-refractivity contribution in [2.45, 2.75) is 99.7 Å². The van der Waals surface area contributed by atoms with Crippen LogP contribution in [0.15, 0.2) is 11.8 Å². The highest BCUT2D eigenvalue weighted by molar-refractivity contribution is 6.86. The maximum atomic E-state index is 16.1. The van der Waals surface area contributed by atoms with Gasteiger partial charge in [0.05, 0.1) is 0 Å². The van der Waals surface area contributed by atoms with Gasteiger partial charge in [-0.2, -0.15) is 0 Å². The number of hydrogen-bond donors (Lipinski definition) is 0. The van der Waals surface area contributed by atoms with Gasteiger partial charge in [-0.3, -0.25) is 0 Å². The predicted molar refractivity (Wildman–Crippen MR) is 123 cm³/mol. The summed E-state index contributed by atoms with van der Waals surface area (Å²) >= 11 is 0. The monoisotopic (exact) mass is 480 g/mol. The van der Waals surface area contributed by atoms with Crippen LogP contribution in [-0.4, -0.2) is 58.3 Å². The van der Waals surface area contributed by atoms with Crippen LogP contribution in [0, 0.1) is 0 Å². The molecule has 9 heteroatoms. The summed E-state index contributed by atoms with van der Waals surface area (Å²) in [6, 6.07) is 3.88. The fraction of sp³-hybridized carbons (Fsp3) is 0.905. The molecule has 3 fully saturated rings. The van der Waals surface area contributed by atoms with E-state index in [0.717, 1.165) is 75.4 Å². The Bertz CT molecular complexity index is 575. The predicted octanol–water partition coefficient (Wildman–Crippen LogP) is 5.66. The largest absolute Gasteiger partial charge is 0.420 e. The standard InChI is InChI=1S/C21H39F3O3Si3/c1-18(16-28-13-7-4-10-25-28)30(15-9-6-12-27-30)20(2,21(3,24)19(22)23)17-29-14-8-5-11-26-29/h19,28-29H,1,4-17H2,2-3H3. The Morgan fingerprint density at radius 1 is 0.967 bits per heavy atom. The van der Waals surface area contributed by atoms with Gasteiger partial charge in [-0.05, 0) is 56.4 Å². The van der Waals surface area contributed by atoms with Gasteiger partial charge >= 0.3 is 0 Å². The summed E-state index contributed by atoms with van der Waals surface area (Å²) in [6.45, 7) is 9.31. The number of alkyl halides is 3. The zero-order valence-corrected chi connectivity index (χ0v) is 22.0. The summed E-state index contributed by atoms with van der Waals surface area (Å²) in [5.41, 5.74) is -2.62. The van der Waals surface area contributed by atoms with E-state index in [2.05, 4.69) is 6.58 Å². The van der Waals surface area contributed by atoms with Gasteiger partial charge in [-0.15, -0.1) is 6.58 Å². The normalized spacial score (nSPS) is 34.9. The first-order valence-corrected chi connectivity index (χ1v) is 18.1. The summed E-state index contributed by atoms with van der Waals surface area (Å²) < 4.78 is 63.2. The molecule has 0 aromatic heterocycles. The molecule has 0 N–H and O–H groups in total. The van der Waals surface area contributed by atoms with E-state index in [-0.39, 0.29) is 0 Å². The second kappa shape index (κ2) is 10.3. The van der Waals surface area contributed by atoms with Crippen molar-refractivity contribution in [3.63, 3.8) is 0 Å². The molecule has 3 nitrogen and oxygen atoms in total. The van der Waals surface area contributed by atoms with Crippen molar-refractivity contribution in [3.05, 3.63) is 11.8 Å². The molecule has 3 saturated heterocycles. The first-order chi connectivity index (χ1) is 14.2. The molecule has 0 aromatic carbocycles. The Morgan fingerprint density at radius 3 is 2.07 bits per heavy atom. The maximum Gasteiger partial charge on any atom is 0.272 e. The highest BCUT2D eigenvalue weighted by Gasteiger charge is 2.67. The number of rotatable bonds is 8. The van der Waals surface area contributed by atoms with E-state index in [0.29, 0.717) is 25.3 Å². The van der Waals surface area contributed by atoms with Crippen LogP contribution in [0.1, 0.15) is 52.4 Å². The van der Waals surface area contributed by atoms with Crippen LogP contribution in [-0.2, 0) is 13.3 Å². The van der Waals surface area contributed by atoms with Crippen LogP contribution in [0.25, 0.3) is 0 Å². The Kier molecular flexibility index (Phi) is 8.51. The maximum absolute atomic E-state index is 16.1. The van der Waals surface area contributed by atoms with Gasteiger partial charge in [0.1, 0.15) is 0 Å². The van der Waals surface area contributed by atoms with Gasteiger partial charge in [-0.25, -0.2) is 13.2 Å². The third-order valence-electron chi connectivity index (χ3n) is 7.88. The van der Waals surface area contributed by atoms with Gasteiger partial charge in [0.15, 0.2) is 23.7 Å². The van der Waals surface area contributed by atoms with Gasteiger partial charge in [0.2, 0.25) is 8.32 Å². The summed E-state index contributed by atoms with van der Waals surface area (Å²) in [5.74, 6) is 0. The van der Waals surface area contributed by atoms with Crippen molar-refractivity contribution >= 4 is 26.4 Å². The Hall–Kier alpha value is 0.0606. The van der Waals surface area contributed by atoms with E-state index in [1.54, 1.807) is 6.92 Å². The smallest absolute Gasteiger partial charge is 0.272 e. The van der Waals surface area contributed by atoms with E-state index in [1.165, 1.54) is 0 Å². The quantitative estimate of drug-likeness (QED) is 0.420. The second-order valence-electron chi connectivity index (χ2n) is 9.83. The lowest BCUT2D eigenvalue weighted by atomic mass is 9.93. The lowest BCUT2D eigenvalue weighted by molar-refractivity contribution is -0.0540. The van der Waals surface area contributed by atoms with Crippen molar-refractivity contribution in [2.75, 3.05) is 19.8 Å².